The first-order valence-electron chi connectivity index (χ1n) is 13.7. The highest BCUT2D eigenvalue weighted by Crippen LogP contribution is 2.34. The summed E-state index contributed by atoms with van der Waals surface area (Å²) in [6.07, 6.45) is 1.77. The molecule has 0 aliphatic heterocycles. The van der Waals surface area contributed by atoms with Crippen LogP contribution in [0.15, 0.2) is 110 Å². The third-order valence-electron chi connectivity index (χ3n) is 6.20. The largest absolute Gasteiger partial charge is 0.466 e. The highest BCUT2D eigenvalue weighted by Gasteiger charge is 2.31. The number of rotatable bonds is 9. The van der Waals surface area contributed by atoms with Crippen LogP contribution in [-0.4, -0.2) is 34.3 Å². The summed E-state index contributed by atoms with van der Waals surface area (Å²) in [5, 5.41) is 8.95. The molecule has 45 heavy (non-hydrogen) atoms. The van der Waals surface area contributed by atoms with E-state index in [0.29, 0.717) is 46.2 Å². The van der Waals surface area contributed by atoms with Crippen molar-refractivity contribution in [2.24, 2.45) is 0 Å². The fraction of sp³-hybridized carbons (Fsp3) is 0.206. The average molecular weight is 629 g/mol. The van der Waals surface area contributed by atoms with Crippen LogP contribution < -0.4 is 0 Å². The van der Waals surface area contributed by atoms with Gasteiger partial charge < -0.3 is 9.84 Å². The van der Waals surface area contributed by atoms with Crippen molar-refractivity contribution in [2.75, 3.05) is 13.2 Å². The standard InChI is InChI=1S/C18H16F3NO2.C16H14F3NO/c1-13(23)24-10-4-8-17(15-6-3-9-22-12-15)14-5-2-7-16(11-14)18(19,20)21;17-16(18,19)14-6-1-4-12(10-14)15(7-3-9-21)13-5-2-8-20-11-13/h2-3,5-9,11-12H,4,10H2,1H3;1-2,4-8,10-11,21H,3,9H2. The maximum Gasteiger partial charge on any atom is 0.416 e. The number of carbonyl (C=O) groups is 1. The van der Waals surface area contributed by atoms with Gasteiger partial charge in [0.1, 0.15) is 0 Å². The number of benzene rings is 2. The predicted molar refractivity (Wildman–Crippen MR) is 158 cm³/mol. The number of hydrogen-bond donors (Lipinski definition) is 1. The van der Waals surface area contributed by atoms with E-state index in [0.717, 1.165) is 24.3 Å². The number of halogens is 6. The van der Waals surface area contributed by atoms with E-state index in [9.17, 15) is 31.1 Å². The van der Waals surface area contributed by atoms with Gasteiger partial charge in [-0.15, -0.1) is 0 Å². The quantitative estimate of drug-likeness (QED) is 0.115. The first-order chi connectivity index (χ1) is 21.4. The molecule has 2 aromatic carbocycles. The number of alkyl halides is 6. The molecule has 0 fully saturated rings. The summed E-state index contributed by atoms with van der Waals surface area (Å²) in [5.41, 5.74) is 2.12. The Labute approximate surface area is 256 Å². The van der Waals surface area contributed by atoms with Crippen molar-refractivity contribution < 1.29 is 41.0 Å². The lowest BCUT2D eigenvalue weighted by Crippen LogP contribution is -2.05. The number of aliphatic hydroxyl groups excluding tert-OH is 1. The molecular weight excluding hydrogens is 598 g/mol. The Morgan fingerprint density at radius 1 is 0.711 bits per heavy atom. The van der Waals surface area contributed by atoms with Gasteiger partial charge in [0.15, 0.2) is 0 Å². The summed E-state index contributed by atoms with van der Waals surface area (Å²) in [6, 6.07) is 17.2. The monoisotopic (exact) mass is 628 g/mol. The molecule has 0 bridgehead atoms. The molecule has 1 N–H and O–H groups in total. The summed E-state index contributed by atoms with van der Waals surface area (Å²) >= 11 is 0. The minimum atomic E-state index is -4.41. The van der Waals surface area contributed by atoms with Gasteiger partial charge in [-0.3, -0.25) is 14.8 Å². The van der Waals surface area contributed by atoms with E-state index >= 15 is 0 Å². The van der Waals surface area contributed by atoms with Gasteiger partial charge in [-0.05, 0) is 65.1 Å². The van der Waals surface area contributed by atoms with Crippen LogP contribution >= 0.6 is 0 Å². The van der Waals surface area contributed by atoms with E-state index in [1.807, 2.05) is 0 Å². The highest BCUT2D eigenvalue weighted by atomic mass is 19.4. The van der Waals surface area contributed by atoms with Crippen molar-refractivity contribution in [3.63, 3.8) is 0 Å². The number of aliphatic hydroxyl groups is 1. The molecule has 0 saturated heterocycles. The molecule has 0 amide bonds. The number of aromatic nitrogens is 2. The van der Waals surface area contributed by atoms with E-state index in [1.165, 1.54) is 19.1 Å². The Bertz CT molecular complexity index is 1590. The Hall–Kier alpha value is -4.77. The first-order valence-corrected chi connectivity index (χ1v) is 13.7. The zero-order valence-electron chi connectivity index (χ0n) is 24.1. The minimum absolute atomic E-state index is 0.0667. The molecule has 0 unspecified atom stereocenters. The van der Waals surface area contributed by atoms with Gasteiger partial charge in [-0.25, -0.2) is 0 Å². The molecule has 5 nitrogen and oxygen atoms in total. The minimum Gasteiger partial charge on any atom is -0.466 e. The molecule has 4 aromatic rings. The SMILES string of the molecule is CC(=O)OCCC=C(c1cccnc1)c1cccc(C(F)(F)F)c1.OCCC=C(c1cccnc1)c1cccc(C(F)(F)F)c1. The molecule has 0 radical (unpaired) electrons. The van der Waals surface area contributed by atoms with Crippen molar-refractivity contribution >= 4 is 17.1 Å². The Balaban J connectivity index is 0.000000248. The summed E-state index contributed by atoms with van der Waals surface area (Å²) < 4.78 is 82.1. The zero-order chi connectivity index (χ0) is 32.9. The second kappa shape index (κ2) is 16.3. The number of esters is 1. The van der Waals surface area contributed by atoms with Gasteiger partial charge in [0.2, 0.25) is 0 Å². The Morgan fingerprint density at radius 2 is 1.16 bits per heavy atom. The topological polar surface area (TPSA) is 72.3 Å². The second-order valence-electron chi connectivity index (χ2n) is 9.52. The molecule has 0 saturated carbocycles. The van der Waals surface area contributed by atoms with E-state index in [2.05, 4.69) is 9.97 Å². The third kappa shape index (κ3) is 11.0. The summed E-state index contributed by atoms with van der Waals surface area (Å²) in [4.78, 5) is 18.8. The van der Waals surface area contributed by atoms with Crippen molar-refractivity contribution in [1.29, 1.82) is 0 Å². The van der Waals surface area contributed by atoms with Crippen LogP contribution in [-0.2, 0) is 21.9 Å². The fourth-order valence-electron chi connectivity index (χ4n) is 4.19. The van der Waals surface area contributed by atoms with Crippen LogP contribution in [0.25, 0.3) is 11.1 Å². The predicted octanol–water partition coefficient (Wildman–Crippen LogP) is 8.40. The zero-order valence-corrected chi connectivity index (χ0v) is 24.1. The van der Waals surface area contributed by atoms with Gasteiger partial charge in [0.05, 0.1) is 17.7 Å². The molecule has 4 rings (SSSR count). The molecule has 0 spiro atoms. The van der Waals surface area contributed by atoms with Crippen LogP contribution in [0.2, 0.25) is 0 Å². The first kappa shape index (κ1) is 34.7. The summed E-state index contributed by atoms with van der Waals surface area (Å²) in [7, 11) is 0. The average Bonchev–Trinajstić information content (AvgIpc) is 3.02. The molecule has 0 aliphatic carbocycles. The maximum absolute atomic E-state index is 12.9. The Kier molecular flexibility index (Phi) is 12.6. The van der Waals surface area contributed by atoms with Gasteiger partial charge in [0.25, 0.3) is 0 Å². The second-order valence-corrected chi connectivity index (χ2v) is 9.52. The molecule has 0 aliphatic rings. The lowest BCUT2D eigenvalue weighted by Gasteiger charge is -2.12. The van der Waals surface area contributed by atoms with Crippen LogP contribution in [0, 0.1) is 0 Å². The molecular formula is C34H30F6N2O3. The van der Waals surface area contributed by atoms with Crippen LogP contribution in [0.5, 0.6) is 0 Å². The van der Waals surface area contributed by atoms with Crippen molar-refractivity contribution in [2.45, 2.75) is 32.1 Å². The van der Waals surface area contributed by atoms with Gasteiger partial charge in [-0.1, -0.05) is 48.6 Å². The fourth-order valence-corrected chi connectivity index (χ4v) is 4.19. The third-order valence-corrected chi connectivity index (χ3v) is 6.20. The Morgan fingerprint density at radius 3 is 1.53 bits per heavy atom. The molecule has 0 atom stereocenters. The maximum atomic E-state index is 12.9. The van der Waals surface area contributed by atoms with Crippen molar-refractivity contribution in [3.8, 4) is 0 Å². The van der Waals surface area contributed by atoms with E-state index < -0.39 is 29.4 Å². The summed E-state index contributed by atoms with van der Waals surface area (Å²) in [6.45, 7) is 1.40. The molecule has 236 valence electrons. The number of pyridine rings is 2. The van der Waals surface area contributed by atoms with Gasteiger partial charge in [0, 0.05) is 55.9 Å². The van der Waals surface area contributed by atoms with Crippen molar-refractivity contribution in [1.82, 2.24) is 9.97 Å². The van der Waals surface area contributed by atoms with E-state index in [4.69, 9.17) is 9.84 Å². The molecule has 11 heteroatoms. The number of ether oxygens (including phenoxy) is 1. The number of hydrogen-bond acceptors (Lipinski definition) is 5. The van der Waals surface area contributed by atoms with Gasteiger partial charge >= 0.3 is 18.3 Å². The van der Waals surface area contributed by atoms with Crippen LogP contribution in [0.3, 0.4) is 0 Å². The molecule has 2 heterocycles. The summed E-state index contributed by atoms with van der Waals surface area (Å²) in [5.74, 6) is -0.398. The highest BCUT2D eigenvalue weighted by molar-refractivity contribution is 5.80. The van der Waals surface area contributed by atoms with Crippen LogP contribution in [0.1, 0.15) is 53.1 Å². The van der Waals surface area contributed by atoms with Crippen molar-refractivity contribution in [3.05, 3.63) is 143 Å². The van der Waals surface area contributed by atoms with E-state index in [-0.39, 0.29) is 13.2 Å². The normalized spacial score (nSPS) is 12.3. The number of nitrogens with zero attached hydrogens (tertiary/aromatic N) is 2. The lowest BCUT2D eigenvalue weighted by molar-refractivity contribution is -0.141. The number of carbonyl (C=O) groups excluding carboxylic acids is 1. The smallest absolute Gasteiger partial charge is 0.416 e. The molecule has 2 aromatic heterocycles. The van der Waals surface area contributed by atoms with E-state index in [1.54, 1.807) is 73.3 Å². The van der Waals surface area contributed by atoms with Gasteiger partial charge in [-0.2, -0.15) is 26.3 Å². The van der Waals surface area contributed by atoms with Crippen LogP contribution in [0.4, 0.5) is 26.3 Å². The lowest BCUT2D eigenvalue weighted by atomic mass is 9.96.